The average molecular weight is 259 g/mol. The molecule has 1 fully saturated rings. The number of hydrogen-bond donors (Lipinski definition) is 1. The van der Waals surface area contributed by atoms with Gasteiger partial charge in [-0.2, -0.15) is 5.10 Å². The van der Waals surface area contributed by atoms with E-state index in [9.17, 15) is 0 Å². The monoisotopic (exact) mass is 259 g/mol. The molecule has 2 aromatic rings. The Morgan fingerprint density at radius 1 is 1.47 bits per heavy atom. The van der Waals surface area contributed by atoms with Crippen LogP contribution in [0.1, 0.15) is 23.6 Å². The van der Waals surface area contributed by atoms with Crippen molar-refractivity contribution in [1.82, 2.24) is 19.7 Å². The summed E-state index contributed by atoms with van der Waals surface area (Å²) in [4.78, 5) is 8.58. The molecule has 1 saturated heterocycles. The molecular weight excluding hydrogens is 242 g/mol. The van der Waals surface area contributed by atoms with Gasteiger partial charge in [-0.1, -0.05) is 0 Å². The lowest BCUT2D eigenvalue weighted by molar-refractivity contribution is 0.193. The van der Waals surface area contributed by atoms with Gasteiger partial charge in [-0.25, -0.2) is 9.97 Å². The highest BCUT2D eigenvalue weighted by Crippen LogP contribution is 2.24. The molecule has 3 heterocycles. The Kier molecular flexibility index (Phi) is 3.41. The van der Waals surface area contributed by atoms with E-state index in [-0.39, 0.29) is 0 Å². The number of anilines is 1. The third kappa shape index (κ3) is 2.90. The quantitative estimate of drug-likeness (QED) is 0.897. The minimum absolute atomic E-state index is 0.405. The molecule has 0 saturated carbocycles. The molecule has 0 radical (unpaired) electrons. The molecule has 6 nitrogen and oxygen atoms in total. The van der Waals surface area contributed by atoms with Crippen LogP contribution in [0, 0.1) is 0 Å². The number of hydrogen-bond acceptors (Lipinski definition) is 5. The van der Waals surface area contributed by atoms with Crippen molar-refractivity contribution in [3.8, 4) is 0 Å². The van der Waals surface area contributed by atoms with Crippen molar-refractivity contribution in [2.45, 2.75) is 18.9 Å². The summed E-state index contributed by atoms with van der Waals surface area (Å²) in [5, 5.41) is 7.43. The topological polar surface area (TPSA) is 64.9 Å². The van der Waals surface area contributed by atoms with Crippen LogP contribution in [-0.4, -0.2) is 33.0 Å². The van der Waals surface area contributed by atoms with Gasteiger partial charge in [-0.05, 0) is 6.42 Å². The molecule has 1 N–H and O–H groups in total. The lowest BCUT2D eigenvalue weighted by Crippen LogP contribution is -2.05. The van der Waals surface area contributed by atoms with E-state index >= 15 is 0 Å². The van der Waals surface area contributed by atoms with Crippen molar-refractivity contribution in [3.05, 3.63) is 36.0 Å². The third-order valence-corrected chi connectivity index (χ3v) is 3.27. The predicted octanol–water partition coefficient (Wildman–Crippen LogP) is 1.33. The molecule has 0 amide bonds. The van der Waals surface area contributed by atoms with E-state index in [1.807, 2.05) is 25.5 Å². The van der Waals surface area contributed by atoms with Gasteiger partial charge in [0, 0.05) is 43.9 Å². The maximum Gasteiger partial charge on any atom is 0.129 e. The van der Waals surface area contributed by atoms with E-state index in [4.69, 9.17) is 4.74 Å². The first-order valence-electron chi connectivity index (χ1n) is 6.42. The van der Waals surface area contributed by atoms with E-state index in [1.165, 1.54) is 0 Å². The van der Waals surface area contributed by atoms with Crippen molar-refractivity contribution in [2.24, 2.45) is 7.05 Å². The molecule has 1 unspecified atom stereocenters. The Bertz CT molecular complexity index is 547. The van der Waals surface area contributed by atoms with Gasteiger partial charge in [-0.3, -0.25) is 4.68 Å². The molecule has 0 aromatic carbocycles. The first kappa shape index (κ1) is 12.1. The highest BCUT2D eigenvalue weighted by Gasteiger charge is 2.19. The molecule has 19 heavy (non-hydrogen) atoms. The Balaban J connectivity index is 1.65. The molecular formula is C13H17N5O. The lowest BCUT2D eigenvalue weighted by Gasteiger charge is -2.09. The molecule has 0 spiro atoms. The normalized spacial score (nSPS) is 18.7. The van der Waals surface area contributed by atoms with Crippen molar-refractivity contribution in [2.75, 3.05) is 18.5 Å². The highest BCUT2D eigenvalue weighted by atomic mass is 16.5. The maximum atomic E-state index is 5.39. The van der Waals surface area contributed by atoms with E-state index in [0.29, 0.717) is 12.5 Å². The number of nitrogens with one attached hydrogen (secondary N) is 1. The van der Waals surface area contributed by atoms with Gasteiger partial charge in [0.25, 0.3) is 0 Å². The van der Waals surface area contributed by atoms with Gasteiger partial charge < -0.3 is 10.1 Å². The van der Waals surface area contributed by atoms with E-state index in [0.717, 1.165) is 36.7 Å². The molecule has 1 aliphatic heterocycles. The fourth-order valence-corrected chi connectivity index (χ4v) is 2.22. The van der Waals surface area contributed by atoms with Crippen LogP contribution in [0.3, 0.4) is 0 Å². The number of aryl methyl sites for hydroxylation is 1. The SMILES string of the molecule is Cn1cc(CNc2cc(C3CCOC3)ncn2)cn1. The molecule has 6 heteroatoms. The van der Waals surface area contributed by atoms with Crippen LogP contribution in [0.4, 0.5) is 5.82 Å². The summed E-state index contributed by atoms with van der Waals surface area (Å²) in [6.07, 6.45) is 6.48. The van der Waals surface area contributed by atoms with Gasteiger partial charge in [0.2, 0.25) is 0 Å². The van der Waals surface area contributed by atoms with Crippen LogP contribution in [0.5, 0.6) is 0 Å². The summed E-state index contributed by atoms with van der Waals surface area (Å²) in [6.45, 7) is 2.30. The van der Waals surface area contributed by atoms with Gasteiger partial charge >= 0.3 is 0 Å². The average Bonchev–Trinajstić information content (AvgIpc) is 3.08. The van der Waals surface area contributed by atoms with Crippen LogP contribution < -0.4 is 5.32 Å². The van der Waals surface area contributed by atoms with Crippen LogP contribution in [0.25, 0.3) is 0 Å². The summed E-state index contributed by atoms with van der Waals surface area (Å²) >= 11 is 0. The number of nitrogens with zero attached hydrogens (tertiary/aromatic N) is 4. The Labute approximate surface area is 111 Å². The largest absolute Gasteiger partial charge is 0.381 e. The lowest BCUT2D eigenvalue weighted by atomic mass is 10.1. The minimum Gasteiger partial charge on any atom is -0.381 e. The number of ether oxygens (including phenoxy) is 1. The van der Waals surface area contributed by atoms with E-state index < -0.39 is 0 Å². The van der Waals surface area contributed by atoms with Crippen molar-refractivity contribution < 1.29 is 4.74 Å². The van der Waals surface area contributed by atoms with Crippen LogP contribution in [0.2, 0.25) is 0 Å². The molecule has 100 valence electrons. The summed E-state index contributed by atoms with van der Waals surface area (Å²) in [7, 11) is 1.91. The molecule has 0 aliphatic carbocycles. The predicted molar refractivity (Wildman–Crippen MR) is 70.7 cm³/mol. The minimum atomic E-state index is 0.405. The zero-order valence-electron chi connectivity index (χ0n) is 10.9. The second-order valence-corrected chi connectivity index (χ2v) is 4.76. The summed E-state index contributed by atoms with van der Waals surface area (Å²) in [6, 6.07) is 2.01. The maximum absolute atomic E-state index is 5.39. The first-order valence-corrected chi connectivity index (χ1v) is 6.42. The molecule has 1 atom stereocenters. The fourth-order valence-electron chi connectivity index (χ4n) is 2.22. The summed E-state index contributed by atoms with van der Waals surface area (Å²) < 4.78 is 7.18. The smallest absolute Gasteiger partial charge is 0.129 e. The second-order valence-electron chi connectivity index (χ2n) is 4.76. The van der Waals surface area contributed by atoms with E-state index in [2.05, 4.69) is 20.4 Å². The van der Waals surface area contributed by atoms with Gasteiger partial charge in [0.05, 0.1) is 18.5 Å². The summed E-state index contributed by atoms with van der Waals surface area (Å²) in [5.41, 5.74) is 2.19. The van der Waals surface area contributed by atoms with Gasteiger partial charge in [0.15, 0.2) is 0 Å². The Morgan fingerprint density at radius 3 is 3.16 bits per heavy atom. The molecule has 2 aromatic heterocycles. The third-order valence-electron chi connectivity index (χ3n) is 3.27. The zero-order valence-corrected chi connectivity index (χ0v) is 10.9. The Hall–Kier alpha value is -1.95. The molecule has 0 bridgehead atoms. The van der Waals surface area contributed by atoms with Crippen LogP contribution in [0.15, 0.2) is 24.8 Å². The second kappa shape index (κ2) is 5.36. The molecule has 1 aliphatic rings. The van der Waals surface area contributed by atoms with E-state index in [1.54, 1.807) is 11.0 Å². The summed E-state index contributed by atoms with van der Waals surface area (Å²) in [5.74, 6) is 1.25. The highest BCUT2D eigenvalue weighted by molar-refractivity contribution is 5.36. The number of rotatable bonds is 4. The Morgan fingerprint density at radius 2 is 2.42 bits per heavy atom. The van der Waals surface area contributed by atoms with Gasteiger partial charge in [-0.15, -0.1) is 0 Å². The zero-order chi connectivity index (χ0) is 13.1. The first-order chi connectivity index (χ1) is 9.31. The standard InChI is InChI=1S/C13H17N5O/c1-18-7-10(6-17-18)5-14-13-4-12(15-9-16-13)11-2-3-19-8-11/h4,6-7,9,11H,2-3,5,8H2,1H3,(H,14,15,16). The fraction of sp³-hybridized carbons (Fsp3) is 0.462. The van der Waals surface area contributed by atoms with Gasteiger partial charge in [0.1, 0.15) is 12.1 Å². The van der Waals surface area contributed by atoms with Crippen molar-refractivity contribution >= 4 is 5.82 Å². The van der Waals surface area contributed by atoms with Crippen molar-refractivity contribution in [1.29, 1.82) is 0 Å². The molecule has 3 rings (SSSR count). The van der Waals surface area contributed by atoms with Crippen LogP contribution >= 0.6 is 0 Å². The van der Waals surface area contributed by atoms with Crippen molar-refractivity contribution in [3.63, 3.8) is 0 Å². The number of aromatic nitrogens is 4. The van der Waals surface area contributed by atoms with Crippen LogP contribution in [-0.2, 0) is 18.3 Å².